The highest BCUT2D eigenvalue weighted by molar-refractivity contribution is 7.13. The largest absolute Gasteiger partial charge is 0.328 e. The van der Waals surface area contributed by atoms with E-state index in [9.17, 15) is 4.39 Å². The van der Waals surface area contributed by atoms with Crippen LogP contribution in [0.1, 0.15) is 24.5 Å². The van der Waals surface area contributed by atoms with E-state index < -0.39 is 0 Å². The molecule has 2 N–H and O–H groups in total. The number of halogens is 1. The molecule has 88 valence electrons. The average Bonchev–Trinajstić information content (AvgIpc) is 2.75. The van der Waals surface area contributed by atoms with E-state index in [0.717, 1.165) is 29.1 Å². The van der Waals surface area contributed by atoms with E-state index in [1.807, 2.05) is 0 Å². The highest BCUT2D eigenvalue weighted by Gasteiger charge is 2.29. The summed E-state index contributed by atoms with van der Waals surface area (Å²) in [4.78, 5) is 4.61. The zero-order valence-electron chi connectivity index (χ0n) is 9.27. The van der Waals surface area contributed by atoms with Crippen molar-refractivity contribution in [3.05, 3.63) is 41.2 Å². The van der Waals surface area contributed by atoms with Crippen LogP contribution in [0, 0.1) is 5.82 Å². The number of nitrogens with two attached hydrogens (primary N) is 1. The van der Waals surface area contributed by atoms with E-state index in [1.54, 1.807) is 23.5 Å². The predicted octanol–water partition coefficient (Wildman–Crippen LogP) is 3.15. The number of benzene rings is 1. The lowest BCUT2D eigenvalue weighted by Gasteiger charge is -2.30. The van der Waals surface area contributed by atoms with Crippen molar-refractivity contribution in [3.8, 4) is 10.6 Å². The molecule has 1 fully saturated rings. The van der Waals surface area contributed by atoms with Gasteiger partial charge in [0.05, 0.1) is 5.69 Å². The Balaban J connectivity index is 1.82. The van der Waals surface area contributed by atoms with Gasteiger partial charge in [-0.25, -0.2) is 9.37 Å². The van der Waals surface area contributed by atoms with Crippen molar-refractivity contribution in [2.24, 2.45) is 5.73 Å². The predicted molar refractivity (Wildman–Crippen MR) is 67.5 cm³/mol. The number of nitrogens with zero attached hydrogens (tertiary/aromatic N) is 1. The minimum atomic E-state index is -0.213. The summed E-state index contributed by atoms with van der Waals surface area (Å²) >= 11 is 1.61. The quantitative estimate of drug-likeness (QED) is 0.886. The summed E-state index contributed by atoms with van der Waals surface area (Å²) in [5.41, 5.74) is 7.89. The molecule has 0 bridgehead atoms. The van der Waals surface area contributed by atoms with Crippen LogP contribution in [-0.4, -0.2) is 11.0 Å². The molecule has 1 aromatic carbocycles. The standard InChI is InChI=1S/C13H13FN2S/c14-10-3-1-8(2-4-10)13-16-12(7-17-13)9-5-11(15)6-9/h1-4,7,9,11H,5-6,15H2. The smallest absolute Gasteiger partial charge is 0.123 e. The minimum absolute atomic E-state index is 0.213. The fourth-order valence-corrected chi connectivity index (χ4v) is 3.01. The number of hydrogen-bond donors (Lipinski definition) is 1. The first-order valence-corrected chi connectivity index (χ1v) is 6.57. The van der Waals surface area contributed by atoms with Gasteiger partial charge in [0.2, 0.25) is 0 Å². The summed E-state index contributed by atoms with van der Waals surface area (Å²) in [6.45, 7) is 0. The number of hydrogen-bond acceptors (Lipinski definition) is 3. The Morgan fingerprint density at radius 2 is 1.94 bits per heavy atom. The van der Waals surface area contributed by atoms with Crippen molar-refractivity contribution in [2.45, 2.75) is 24.8 Å². The second-order valence-corrected chi connectivity index (χ2v) is 5.37. The first kappa shape index (κ1) is 10.9. The van der Waals surface area contributed by atoms with Crippen LogP contribution in [0.2, 0.25) is 0 Å². The van der Waals surface area contributed by atoms with Crippen molar-refractivity contribution in [1.82, 2.24) is 4.98 Å². The van der Waals surface area contributed by atoms with Gasteiger partial charge in [0.25, 0.3) is 0 Å². The van der Waals surface area contributed by atoms with Crippen LogP contribution in [0.15, 0.2) is 29.6 Å². The van der Waals surface area contributed by atoms with Crippen LogP contribution in [0.25, 0.3) is 10.6 Å². The maximum atomic E-state index is 12.8. The molecule has 0 atom stereocenters. The van der Waals surface area contributed by atoms with Gasteiger partial charge in [-0.15, -0.1) is 11.3 Å². The summed E-state index contributed by atoms with van der Waals surface area (Å²) in [5.74, 6) is 0.311. The summed E-state index contributed by atoms with van der Waals surface area (Å²) in [5, 5.41) is 3.05. The Labute approximate surface area is 103 Å². The second kappa shape index (κ2) is 4.20. The van der Waals surface area contributed by atoms with Crippen LogP contribution in [0.4, 0.5) is 4.39 Å². The van der Waals surface area contributed by atoms with E-state index in [-0.39, 0.29) is 5.82 Å². The van der Waals surface area contributed by atoms with E-state index >= 15 is 0 Å². The summed E-state index contributed by atoms with van der Waals surface area (Å²) < 4.78 is 12.8. The third-order valence-electron chi connectivity index (χ3n) is 3.21. The molecule has 0 amide bonds. The van der Waals surface area contributed by atoms with Crippen LogP contribution in [0.5, 0.6) is 0 Å². The number of thiazole rings is 1. The lowest BCUT2D eigenvalue weighted by molar-refractivity contribution is 0.346. The topological polar surface area (TPSA) is 38.9 Å². The maximum absolute atomic E-state index is 12.8. The van der Waals surface area contributed by atoms with Gasteiger partial charge in [-0.2, -0.15) is 0 Å². The van der Waals surface area contributed by atoms with Crippen molar-refractivity contribution < 1.29 is 4.39 Å². The average molecular weight is 248 g/mol. The van der Waals surface area contributed by atoms with E-state index in [2.05, 4.69) is 10.4 Å². The van der Waals surface area contributed by atoms with Gasteiger partial charge in [0.1, 0.15) is 10.8 Å². The summed E-state index contributed by atoms with van der Waals surface area (Å²) in [6.07, 6.45) is 2.07. The van der Waals surface area contributed by atoms with Gasteiger partial charge in [-0.05, 0) is 37.1 Å². The highest BCUT2D eigenvalue weighted by atomic mass is 32.1. The molecule has 0 unspecified atom stereocenters. The Kier molecular flexibility index (Phi) is 2.68. The minimum Gasteiger partial charge on any atom is -0.328 e. The van der Waals surface area contributed by atoms with Crippen LogP contribution in [0.3, 0.4) is 0 Å². The van der Waals surface area contributed by atoms with Gasteiger partial charge in [0, 0.05) is 22.9 Å². The molecule has 1 heterocycles. The van der Waals surface area contributed by atoms with Crippen LogP contribution >= 0.6 is 11.3 Å². The van der Waals surface area contributed by atoms with Crippen LogP contribution in [-0.2, 0) is 0 Å². The van der Waals surface area contributed by atoms with Crippen molar-refractivity contribution in [2.75, 3.05) is 0 Å². The summed E-state index contributed by atoms with van der Waals surface area (Å²) in [6, 6.07) is 6.82. The summed E-state index contributed by atoms with van der Waals surface area (Å²) in [7, 11) is 0. The van der Waals surface area contributed by atoms with Crippen molar-refractivity contribution >= 4 is 11.3 Å². The molecule has 1 saturated carbocycles. The number of rotatable bonds is 2. The molecule has 0 spiro atoms. The molecule has 2 aromatic rings. The van der Waals surface area contributed by atoms with Crippen LogP contribution < -0.4 is 5.73 Å². The third-order valence-corrected chi connectivity index (χ3v) is 4.12. The molecule has 1 aliphatic carbocycles. The molecule has 1 aliphatic rings. The molecule has 2 nitrogen and oxygen atoms in total. The monoisotopic (exact) mass is 248 g/mol. The fourth-order valence-electron chi connectivity index (χ4n) is 2.10. The SMILES string of the molecule is NC1CC(c2csc(-c3ccc(F)cc3)n2)C1. The Morgan fingerprint density at radius 3 is 2.59 bits per heavy atom. The normalized spacial score (nSPS) is 23.4. The first-order valence-electron chi connectivity index (χ1n) is 5.69. The van der Waals surface area contributed by atoms with E-state index in [1.165, 1.54) is 12.1 Å². The van der Waals surface area contributed by atoms with Gasteiger partial charge < -0.3 is 5.73 Å². The first-order chi connectivity index (χ1) is 8.22. The molecule has 4 heteroatoms. The highest BCUT2D eigenvalue weighted by Crippen LogP contribution is 2.37. The lowest BCUT2D eigenvalue weighted by Crippen LogP contribution is -2.34. The van der Waals surface area contributed by atoms with Gasteiger partial charge >= 0.3 is 0 Å². The third kappa shape index (κ3) is 2.10. The molecule has 0 saturated heterocycles. The Hall–Kier alpha value is -1.26. The molecule has 3 rings (SSSR count). The lowest BCUT2D eigenvalue weighted by atomic mass is 9.79. The second-order valence-electron chi connectivity index (χ2n) is 4.51. The number of aromatic nitrogens is 1. The van der Waals surface area contributed by atoms with Crippen molar-refractivity contribution in [3.63, 3.8) is 0 Å². The molecule has 17 heavy (non-hydrogen) atoms. The molecule has 1 aromatic heterocycles. The molecular weight excluding hydrogens is 235 g/mol. The fraction of sp³-hybridized carbons (Fsp3) is 0.308. The molecule has 0 radical (unpaired) electrons. The van der Waals surface area contributed by atoms with Gasteiger partial charge in [-0.1, -0.05) is 0 Å². The zero-order chi connectivity index (χ0) is 11.8. The van der Waals surface area contributed by atoms with E-state index in [0.29, 0.717) is 12.0 Å². The zero-order valence-corrected chi connectivity index (χ0v) is 10.1. The van der Waals surface area contributed by atoms with E-state index in [4.69, 9.17) is 5.73 Å². The molecule has 0 aliphatic heterocycles. The Morgan fingerprint density at radius 1 is 1.24 bits per heavy atom. The Bertz CT molecular complexity index is 514. The molecular formula is C13H13FN2S. The maximum Gasteiger partial charge on any atom is 0.123 e. The van der Waals surface area contributed by atoms with Gasteiger partial charge in [0.15, 0.2) is 0 Å². The van der Waals surface area contributed by atoms with Crippen molar-refractivity contribution in [1.29, 1.82) is 0 Å². The van der Waals surface area contributed by atoms with Gasteiger partial charge in [-0.3, -0.25) is 0 Å².